The number of rotatable bonds is 5. The minimum atomic E-state index is 0.743. The molecule has 4 rings (SSSR count). The molecule has 28 heavy (non-hydrogen) atoms. The number of aryl methyl sites for hydroxylation is 2. The van der Waals surface area contributed by atoms with E-state index in [9.17, 15) is 0 Å². The van der Waals surface area contributed by atoms with Gasteiger partial charge in [-0.15, -0.1) is 10.2 Å². The van der Waals surface area contributed by atoms with Crippen LogP contribution in [-0.2, 0) is 5.75 Å². The van der Waals surface area contributed by atoms with Gasteiger partial charge in [0.15, 0.2) is 11.0 Å². The molecule has 0 saturated carbocycles. The number of halogens is 1. The molecule has 140 valence electrons. The van der Waals surface area contributed by atoms with Crippen molar-refractivity contribution >= 4 is 23.4 Å². The molecule has 0 unspecified atom stereocenters. The lowest BCUT2D eigenvalue weighted by Crippen LogP contribution is -2.01. The highest BCUT2D eigenvalue weighted by Crippen LogP contribution is 2.30. The number of hydrogen-bond acceptors (Lipinski definition) is 4. The lowest BCUT2D eigenvalue weighted by molar-refractivity contribution is 0.884. The molecule has 0 saturated heterocycles. The number of aromatic nitrogens is 4. The molecule has 0 bridgehead atoms. The quantitative estimate of drug-likeness (QED) is 0.387. The molecule has 4 nitrogen and oxygen atoms in total. The molecule has 0 N–H and O–H groups in total. The van der Waals surface area contributed by atoms with Crippen molar-refractivity contribution in [2.75, 3.05) is 0 Å². The normalized spacial score (nSPS) is 11.0. The molecule has 0 aliphatic heterocycles. The highest BCUT2D eigenvalue weighted by Gasteiger charge is 2.16. The molecule has 2 heterocycles. The fourth-order valence-electron chi connectivity index (χ4n) is 2.88. The Bertz CT molecular complexity index is 1090. The zero-order chi connectivity index (χ0) is 19.5. The minimum Gasteiger partial charge on any atom is -0.270 e. The monoisotopic (exact) mass is 406 g/mol. The molecule has 0 spiro atoms. The van der Waals surface area contributed by atoms with Gasteiger partial charge in [-0.05, 0) is 66.9 Å². The Balaban J connectivity index is 1.74. The van der Waals surface area contributed by atoms with Gasteiger partial charge in [0.25, 0.3) is 0 Å². The predicted molar refractivity (Wildman–Crippen MR) is 115 cm³/mol. The zero-order valence-corrected chi connectivity index (χ0v) is 17.2. The summed E-state index contributed by atoms with van der Waals surface area (Å²) < 4.78 is 2.11. The van der Waals surface area contributed by atoms with Gasteiger partial charge in [0.2, 0.25) is 0 Å². The van der Waals surface area contributed by atoms with Crippen LogP contribution in [0.1, 0.15) is 16.7 Å². The Labute approximate surface area is 173 Å². The summed E-state index contributed by atoms with van der Waals surface area (Å²) in [4.78, 5) is 4.12. The van der Waals surface area contributed by atoms with E-state index in [1.54, 1.807) is 24.2 Å². The topological polar surface area (TPSA) is 43.6 Å². The van der Waals surface area contributed by atoms with Gasteiger partial charge in [-0.3, -0.25) is 9.55 Å². The number of hydrogen-bond donors (Lipinski definition) is 0. The van der Waals surface area contributed by atoms with E-state index in [1.165, 1.54) is 16.7 Å². The van der Waals surface area contributed by atoms with E-state index in [4.69, 9.17) is 11.6 Å². The van der Waals surface area contributed by atoms with Gasteiger partial charge in [0.1, 0.15) is 0 Å². The molecule has 0 radical (unpaired) electrons. The third-order valence-corrected chi connectivity index (χ3v) is 5.85. The maximum absolute atomic E-state index is 5.99. The summed E-state index contributed by atoms with van der Waals surface area (Å²) in [5, 5.41) is 10.6. The predicted octanol–water partition coefficient (Wildman–Crippen LogP) is 5.89. The maximum atomic E-state index is 5.99. The Morgan fingerprint density at radius 3 is 2.36 bits per heavy atom. The first-order valence-electron chi connectivity index (χ1n) is 8.92. The van der Waals surface area contributed by atoms with Gasteiger partial charge in [-0.1, -0.05) is 41.6 Å². The summed E-state index contributed by atoms with van der Waals surface area (Å²) in [5.41, 5.74) is 5.73. The van der Waals surface area contributed by atoms with Crippen LogP contribution in [0.4, 0.5) is 0 Å². The van der Waals surface area contributed by atoms with Crippen LogP contribution >= 0.6 is 23.4 Å². The van der Waals surface area contributed by atoms with Crippen LogP contribution < -0.4 is 0 Å². The van der Waals surface area contributed by atoms with Crippen LogP contribution in [-0.4, -0.2) is 19.7 Å². The molecule has 2 aromatic heterocycles. The van der Waals surface area contributed by atoms with E-state index < -0.39 is 0 Å². The molecule has 0 atom stereocenters. The molecule has 4 aromatic rings. The molecule has 0 aliphatic carbocycles. The third-order valence-electron chi connectivity index (χ3n) is 4.60. The van der Waals surface area contributed by atoms with E-state index in [0.717, 1.165) is 33.0 Å². The average molecular weight is 407 g/mol. The smallest absolute Gasteiger partial charge is 0.196 e. The van der Waals surface area contributed by atoms with Crippen LogP contribution in [0.25, 0.3) is 17.1 Å². The second-order valence-corrected chi connectivity index (χ2v) is 7.94. The average Bonchev–Trinajstić information content (AvgIpc) is 3.14. The molecular weight excluding hydrogens is 388 g/mol. The van der Waals surface area contributed by atoms with Gasteiger partial charge in [-0.25, -0.2) is 0 Å². The Morgan fingerprint density at radius 2 is 1.64 bits per heavy atom. The van der Waals surface area contributed by atoms with E-state index in [0.29, 0.717) is 0 Å². The highest BCUT2D eigenvalue weighted by atomic mass is 35.5. The van der Waals surface area contributed by atoms with Crippen LogP contribution in [0, 0.1) is 13.8 Å². The van der Waals surface area contributed by atoms with Gasteiger partial charge in [-0.2, -0.15) is 0 Å². The number of benzene rings is 2. The fourth-order valence-corrected chi connectivity index (χ4v) is 3.91. The maximum Gasteiger partial charge on any atom is 0.196 e. The summed E-state index contributed by atoms with van der Waals surface area (Å²) in [6.45, 7) is 4.24. The summed E-state index contributed by atoms with van der Waals surface area (Å²) >= 11 is 7.65. The molecule has 0 aliphatic rings. The first-order chi connectivity index (χ1) is 13.6. The summed E-state index contributed by atoms with van der Waals surface area (Å²) in [6, 6.07) is 18.2. The van der Waals surface area contributed by atoms with Crippen LogP contribution in [0.5, 0.6) is 0 Å². The zero-order valence-electron chi connectivity index (χ0n) is 15.6. The van der Waals surface area contributed by atoms with Crippen LogP contribution in [0.2, 0.25) is 5.02 Å². The molecular formula is C22H19ClN4S. The highest BCUT2D eigenvalue weighted by molar-refractivity contribution is 7.98. The van der Waals surface area contributed by atoms with Gasteiger partial charge >= 0.3 is 0 Å². The number of pyridine rings is 1. The molecule has 2 aromatic carbocycles. The summed E-state index contributed by atoms with van der Waals surface area (Å²) in [7, 11) is 0. The molecule has 6 heteroatoms. The number of nitrogens with zero attached hydrogens (tertiary/aromatic N) is 4. The standard InChI is InChI=1S/C22H19ClN4S/c1-15-3-8-20(13-16(15)2)27-21(18-9-11-24-12-10-18)25-26-22(27)28-14-17-4-6-19(23)7-5-17/h3-13H,14H2,1-2H3. The van der Waals surface area contributed by atoms with E-state index in [-0.39, 0.29) is 0 Å². The summed E-state index contributed by atoms with van der Waals surface area (Å²) in [6.07, 6.45) is 3.55. The number of thioether (sulfide) groups is 1. The van der Waals surface area contributed by atoms with Crippen molar-refractivity contribution in [1.82, 2.24) is 19.7 Å². The van der Waals surface area contributed by atoms with Crippen molar-refractivity contribution in [1.29, 1.82) is 0 Å². The van der Waals surface area contributed by atoms with Gasteiger partial charge < -0.3 is 0 Å². The van der Waals surface area contributed by atoms with Gasteiger partial charge in [0, 0.05) is 28.7 Å². The lowest BCUT2D eigenvalue weighted by atomic mass is 10.1. The first kappa shape index (κ1) is 18.7. The Hall–Kier alpha value is -2.63. The van der Waals surface area contributed by atoms with Crippen molar-refractivity contribution in [2.24, 2.45) is 0 Å². The SMILES string of the molecule is Cc1ccc(-n2c(SCc3ccc(Cl)cc3)nnc2-c2ccncc2)cc1C. The third kappa shape index (κ3) is 3.96. The van der Waals surface area contributed by atoms with E-state index in [1.807, 2.05) is 36.4 Å². The van der Waals surface area contributed by atoms with E-state index in [2.05, 4.69) is 51.8 Å². The van der Waals surface area contributed by atoms with Crippen LogP contribution in [0.15, 0.2) is 72.1 Å². The van der Waals surface area contributed by atoms with Gasteiger partial charge in [0.05, 0.1) is 5.69 Å². The Morgan fingerprint density at radius 1 is 0.893 bits per heavy atom. The molecule has 0 fully saturated rings. The Kier molecular flexibility index (Phi) is 5.46. The minimum absolute atomic E-state index is 0.743. The largest absolute Gasteiger partial charge is 0.270 e. The van der Waals surface area contributed by atoms with Crippen molar-refractivity contribution in [3.8, 4) is 17.1 Å². The van der Waals surface area contributed by atoms with E-state index >= 15 is 0 Å². The second kappa shape index (κ2) is 8.17. The first-order valence-corrected chi connectivity index (χ1v) is 10.3. The molecule has 0 amide bonds. The lowest BCUT2D eigenvalue weighted by Gasteiger charge is -2.12. The van der Waals surface area contributed by atoms with Crippen molar-refractivity contribution < 1.29 is 0 Å². The van der Waals surface area contributed by atoms with Crippen molar-refractivity contribution in [3.05, 3.63) is 88.7 Å². The van der Waals surface area contributed by atoms with Crippen molar-refractivity contribution in [2.45, 2.75) is 24.8 Å². The fraction of sp³-hybridized carbons (Fsp3) is 0.136. The van der Waals surface area contributed by atoms with Crippen LogP contribution in [0.3, 0.4) is 0 Å². The van der Waals surface area contributed by atoms with Crippen molar-refractivity contribution in [3.63, 3.8) is 0 Å². The summed E-state index contributed by atoms with van der Waals surface area (Å²) in [5.74, 6) is 1.60. The second-order valence-electron chi connectivity index (χ2n) is 6.56.